The van der Waals surface area contributed by atoms with Crippen LogP contribution in [-0.4, -0.2) is 43.6 Å². The molecule has 4 aromatic heterocycles. The molecule has 5 aromatic rings. The first-order valence-corrected chi connectivity index (χ1v) is 9.89. The minimum atomic E-state index is -0.326. The van der Waals surface area contributed by atoms with Crippen LogP contribution in [0.4, 0.5) is 10.2 Å². The Kier molecular flexibility index (Phi) is 4.54. The van der Waals surface area contributed by atoms with Crippen molar-refractivity contribution < 1.29 is 4.39 Å². The third-order valence-corrected chi connectivity index (χ3v) is 5.38. The summed E-state index contributed by atoms with van der Waals surface area (Å²) in [6.07, 6.45) is 6.76. The van der Waals surface area contributed by atoms with Crippen LogP contribution >= 0.6 is 0 Å². The van der Waals surface area contributed by atoms with Crippen LogP contribution < -0.4 is 4.90 Å². The lowest BCUT2D eigenvalue weighted by Crippen LogP contribution is -2.10. The van der Waals surface area contributed by atoms with E-state index in [1.54, 1.807) is 24.9 Å². The average molecular weight is 413 g/mol. The second-order valence-corrected chi connectivity index (χ2v) is 7.60. The highest BCUT2D eigenvalue weighted by Gasteiger charge is 2.18. The molecule has 0 amide bonds. The second-order valence-electron chi connectivity index (χ2n) is 7.60. The van der Waals surface area contributed by atoms with Crippen molar-refractivity contribution in [2.45, 2.75) is 13.0 Å². The molecule has 0 fully saturated rings. The van der Waals surface area contributed by atoms with Crippen molar-refractivity contribution in [2.75, 3.05) is 19.0 Å². The number of fused-ring (bicyclic) bond motifs is 2. The second kappa shape index (κ2) is 7.39. The van der Waals surface area contributed by atoms with E-state index in [2.05, 4.69) is 19.9 Å². The predicted octanol–water partition coefficient (Wildman–Crippen LogP) is 4.25. The van der Waals surface area contributed by atoms with Crippen LogP contribution in [0.15, 0.2) is 61.3 Å². The van der Waals surface area contributed by atoms with Crippen molar-refractivity contribution in [1.29, 1.82) is 0 Å². The normalized spacial score (nSPS) is 12.4. The standard InChI is InChI=1S/C23H20FN7/c1-14(17-9-15-5-4-8-25-19(15)10-18(17)24)31-13-28-22-23(31)29-20(12-27-22)16-6-7-21(26-11-16)30(2)3/h4-14H,1-3H3. The fraction of sp³-hybridized carbons (Fsp3) is 0.174. The number of halogens is 1. The molecule has 1 atom stereocenters. The highest BCUT2D eigenvalue weighted by molar-refractivity contribution is 5.79. The summed E-state index contributed by atoms with van der Waals surface area (Å²) in [7, 11) is 3.88. The van der Waals surface area contributed by atoms with Gasteiger partial charge in [0.15, 0.2) is 11.3 Å². The maximum Gasteiger partial charge on any atom is 0.197 e. The first kappa shape index (κ1) is 19.0. The van der Waals surface area contributed by atoms with E-state index in [0.717, 1.165) is 16.8 Å². The quantitative estimate of drug-likeness (QED) is 0.439. The Balaban J connectivity index is 1.57. The maximum atomic E-state index is 14.9. The van der Waals surface area contributed by atoms with Crippen molar-refractivity contribution in [3.05, 3.63) is 72.7 Å². The monoisotopic (exact) mass is 413 g/mol. The fourth-order valence-corrected chi connectivity index (χ4v) is 3.62. The SMILES string of the molecule is CC(c1cc2cccnc2cc1F)n1cnc2ncc(-c3ccc(N(C)C)nc3)nc21. The van der Waals surface area contributed by atoms with E-state index in [1.807, 2.05) is 60.8 Å². The van der Waals surface area contributed by atoms with Gasteiger partial charge in [-0.3, -0.25) is 4.98 Å². The van der Waals surface area contributed by atoms with Crippen LogP contribution in [0.25, 0.3) is 33.5 Å². The van der Waals surface area contributed by atoms with Gasteiger partial charge < -0.3 is 9.47 Å². The number of imidazole rings is 1. The Morgan fingerprint density at radius 1 is 1.00 bits per heavy atom. The van der Waals surface area contributed by atoms with Crippen LogP contribution in [0, 0.1) is 5.82 Å². The molecule has 0 aliphatic rings. The summed E-state index contributed by atoms with van der Waals surface area (Å²) in [5.74, 6) is 0.547. The molecule has 154 valence electrons. The molecule has 0 spiro atoms. The van der Waals surface area contributed by atoms with Crippen molar-refractivity contribution in [2.24, 2.45) is 0 Å². The number of aromatic nitrogens is 6. The highest BCUT2D eigenvalue weighted by Crippen LogP contribution is 2.28. The summed E-state index contributed by atoms with van der Waals surface area (Å²) in [6.45, 7) is 1.92. The van der Waals surface area contributed by atoms with Crippen LogP contribution in [0.2, 0.25) is 0 Å². The Hall–Kier alpha value is -3.94. The van der Waals surface area contributed by atoms with Gasteiger partial charge in [-0.05, 0) is 31.2 Å². The van der Waals surface area contributed by atoms with Crippen molar-refractivity contribution >= 4 is 28.0 Å². The molecule has 31 heavy (non-hydrogen) atoms. The molecule has 0 aliphatic heterocycles. The number of rotatable bonds is 4. The van der Waals surface area contributed by atoms with E-state index in [1.165, 1.54) is 6.07 Å². The molecule has 1 aromatic carbocycles. The fourth-order valence-electron chi connectivity index (χ4n) is 3.62. The van der Waals surface area contributed by atoms with Crippen LogP contribution in [-0.2, 0) is 0 Å². The summed E-state index contributed by atoms with van der Waals surface area (Å²) in [5, 5.41) is 0.883. The lowest BCUT2D eigenvalue weighted by molar-refractivity contribution is 0.564. The molecule has 0 saturated heterocycles. The van der Waals surface area contributed by atoms with Crippen molar-refractivity contribution in [3.8, 4) is 11.3 Å². The minimum Gasteiger partial charge on any atom is -0.363 e. The Morgan fingerprint density at radius 3 is 2.65 bits per heavy atom. The van der Waals surface area contributed by atoms with E-state index >= 15 is 0 Å². The number of nitrogens with zero attached hydrogens (tertiary/aromatic N) is 7. The zero-order valence-electron chi connectivity index (χ0n) is 17.4. The molecule has 0 saturated carbocycles. The summed E-state index contributed by atoms with van der Waals surface area (Å²) in [5.41, 5.74) is 3.81. The number of anilines is 1. The number of benzene rings is 1. The van der Waals surface area contributed by atoms with E-state index in [-0.39, 0.29) is 11.9 Å². The molecular formula is C23H20FN7. The van der Waals surface area contributed by atoms with Gasteiger partial charge in [-0.1, -0.05) is 6.07 Å². The molecule has 0 radical (unpaired) electrons. The Bertz CT molecular complexity index is 1390. The zero-order chi connectivity index (χ0) is 21.5. The average Bonchev–Trinajstić information content (AvgIpc) is 3.21. The first-order chi connectivity index (χ1) is 15.0. The molecule has 0 bridgehead atoms. The van der Waals surface area contributed by atoms with Crippen LogP contribution in [0.5, 0.6) is 0 Å². The maximum absolute atomic E-state index is 14.9. The van der Waals surface area contributed by atoms with Gasteiger partial charge in [-0.2, -0.15) is 0 Å². The van der Waals surface area contributed by atoms with E-state index in [9.17, 15) is 4.39 Å². The van der Waals surface area contributed by atoms with Gasteiger partial charge in [-0.25, -0.2) is 24.3 Å². The van der Waals surface area contributed by atoms with E-state index in [0.29, 0.717) is 28.1 Å². The van der Waals surface area contributed by atoms with Gasteiger partial charge in [0.1, 0.15) is 11.6 Å². The molecule has 0 aliphatic carbocycles. The van der Waals surface area contributed by atoms with Gasteiger partial charge in [0.2, 0.25) is 0 Å². The van der Waals surface area contributed by atoms with Gasteiger partial charge in [0, 0.05) is 49.1 Å². The van der Waals surface area contributed by atoms with Crippen molar-refractivity contribution in [3.63, 3.8) is 0 Å². The summed E-state index contributed by atoms with van der Waals surface area (Å²) in [4.78, 5) is 24.2. The summed E-state index contributed by atoms with van der Waals surface area (Å²) < 4.78 is 16.7. The molecule has 1 unspecified atom stereocenters. The molecule has 0 N–H and O–H groups in total. The molecule has 4 heterocycles. The Morgan fingerprint density at radius 2 is 1.87 bits per heavy atom. The lowest BCUT2D eigenvalue weighted by Gasteiger charge is -2.16. The molecular weight excluding hydrogens is 393 g/mol. The van der Waals surface area contributed by atoms with Gasteiger partial charge in [0.05, 0.1) is 29.8 Å². The lowest BCUT2D eigenvalue weighted by atomic mass is 10.0. The van der Waals surface area contributed by atoms with Gasteiger partial charge in [-0.15, -0.1) is 0 Å². The van der Waals surface area contributed by atoms with E-state index < -0.39 is 0 Å². The third-order valence-electron chi connectivity index (χ3n) is 5.38. The summed E-state index contributed by atoms with van der Waals surface area (Å²) >= 11 is 0. The zero-order valence-corrected chi connectivity index (χ0v) is 17.4. The van der Waals surface area contributed by atoms with Gasteiger partial charge in [0.25, 0.3) is 0 Å². The number of hydrogen-bond acceptors (Lipinski definition) is 6. The molecule has 5 rings (SSSR count). The number of hydrogen-bond donors (Lipinski definition) is 0. The number of pyridine rings is 2. The minimum absolute atomic E-state index is 0.312. The first-order valence-electron chi connectivity index (χ1n) is 9.89. The van der Waals surface area contributed by atoms with Crippen LogP contribution in [0.3, 0.4) is 0 Å². The predicted molar refractivity (Wildman–Crippen MR) is 118 cm³/mol. The van der Waals surface area contributed by atoms with Gasteiger partial charge >= 0.3 is 0 Å². The van der Waals surface area contributed by atoms with E-state index in [4.69, 9.17) is 4.98 Å². The molecule has 8 heteroatoms. The topological polar surface area (TPSA) is 72.6 Å². The summed E-state index contributed by atoms with van der Waals surface area (Å²) in [6, 6.07) is 10.6. The van der Waals surface area contributed by atoms with Crippen LogP contribution in [0.1, 0.15) is 18.5 Å². The van der Waals surface area contributed by atoms with Crippen molar-refractivity contribution in [1.82, 2.24) is 29.5 Å². The Labute approximate surface area is 178 Å². The highest BCUT2D eigenvalue weighted by atomic mass is 19.1. The molecule has 7 nitrogen and oxygen atoms in total. The third kappa shape index (κ3) is 3.35. The smallest absolute Gasteiger partial charge is 0.197 e. The largest absolute Gasteiger partial charge is 0.363 e.